The standard InChI is InChI=1S/C11H12N2O3/c1-11(2,10(14)15)13-8-3-5-12-9-7(8)4-6-16-9/h3-6H,1-2H3,(H,12,13)(H,14,15). The Morgan fingerprint density at radius 2 is 2.25 bits per heavy atom. The molecular formula is C11H12N2O3. The van der Waals surface area contributed by atoms with Crippen LogP contribution in [0.25, 0.3) is 11.1 Å². The molecule has 84 valence electrons. The molecule has 0 saturated carbocycles. The second kappa shape index (κ2) is 3.52. The summed E-state index contributed by atoms with van der Waals surface area (Å²) in [6, 6.07) is 3.48. The van der Waals surface area contributed by atoms with Crippen molar-refractivity contribution < 1.29 is 14.3 Å². The van der Waals surface area contributed by atoms with E-state index >= 15 is 0 Å². The van der Waals surface area contributed by atoms with Crippen LogP contribution in [0.5, 0.6) is 0 Å². The van der Waals surface area contributed by atoms with E-state index in [1.165, 1.54) is 6.26 Å². The molecule has 0 aliphatic heterocycles. The largest absolute Gasteiger partial charge is 0.480 e. The van der Waals surface area contributed by atoms with E-state index < -0.39 is 11.5 Å². The molecule has 0 atom stereocenters. The molecule has 2 heterocycles. The van der Waals surface area contributed by atoms with E-state index in [-0.39, 0.29) is 0 Å². The number of nitrogens with one attached hydrogen (secondary N) is 1. The molecule has 5 heteroatoms. The maximum atomic E-state index is 11.0. The summed E-state index contributed by atoms with van der Waals surface area (Å²) in [5, 5.41) is 12.7. The summed E-state index contributed by atoms with van der Waals surface area (Å²) in [6.45, 7) is 3.20. The molecule has 2 N–H and O–H groups in total. The molecule has 0 unspecified atom stereocenters. The zero-order valence-electron chi connectivity index (χ0n) is 9.02. The van der Waals surface area contributed by atoms with Gasteiger partial charge in [-0.3, -0.25) is 0 Å². The Hall–Kier alpha value is -2.04. The van der Waals surface area contributed by atoms with Crippen molar-refractivity contribution in [3.63, 3.8) is 0 Å². The van der Waals surface area contributed by atoms with Crippen LogP contribution in [0, 0.1) is 0 Å². The van der Waals surface area contributed by atoms with E-state index in [1.807, 2.05) is 0 Å². The summed E-state index contributed by atoms with van der Waals surface area (Å²) in [5.41, 5.74) is 0.156. The van der Waals surface area contributed by atoms with Gasteiger partial charge in [0.1, 0.15) is 5.54 Å². The lowest BCUT2D eigenvalue weighted by atomic mass is 10.1. The first-order chi connectivity index (χ1) is 7.50. The molecule has 2 aromatic heterocycles. The van der Waals surface area contributed by atoms with Gasteiger partial charge in [-0.15, -0.1) is 0 Å². The van der Waals surface area contributed by atoms with E-state index in [1.54, 1.807) is 32.2 Å². The molecule has 0 radical (unpaired) electrons. The highest BCUT2D eigenvalue weighted by Gasteiger charge is 2.27. The van der Waals surface area contributed by atoms with Gasteiger partial charge in [-0.05, 0) is 26.0 Å². The van der Waals surface area contributed by atoms with Gasteiger partial charge in [0.2, 0.25) is 5.71 Å². The third kappa shape index (κ3) is 1.71. The Morgan fingerprint density at radius 1 is 1.50 bits per heavy atom. The van der Waals surface area contributed by atoms with Crippen molar-refractivity contribution in [2.45, 2.75) is 19.4 Å². The minimum Gasteiger partial charge on any atom is -0.480 e. The van der Waals surface area contributed by atoms with Crippen LogP contribution >= 0.6 is 0 Å². The predicted octanol–water partition coefficient (Wildman–Crippen LogP) is 2.10. The average molecular weight is 220 g/mol. The van der Waals surface area contributed by atoms with E-state index in [9.17, 15) is 4.79 Å². The molecule has 0 aliphatic carbocycles. The highest BCUT2D eigenvalue weighted by atomic mass is 16.4. The smallest absolute Gasteiger partial charge is 0.328 e. The lowest BCUT2D eigenvalue weighted by Gasteiger charge is -2.22. The van der Waals surface area contributed by atoms with Crippen molar-refractivity contribution in [3.05, 3.63) is 24.6 Å². The van der Waals surface area contributed by atoms with Crippen LogP contribution in [0.1, 0.15) is 13.8 Å². The fourth-order valence-electron chi connectivity index (χ4n) is 1.37. The fraction of sp³-hybridized carbons (Fsp3) is 0.273. The summed E-state index contributed by atoms with van der Waals surface area (Å²) >= 11 is 0. The van der Waals surface area contributed by atoms with Crippen molar-refractivity contribution in [3.8, 4) is 0 Å². The zero-order valence-corrected chi connectivity index (χ0v) is 9.02. The molecule has 0 aromatic carbocycles. The maximum absolute atomic E-state index is 11.0. The Morgan fingerprint density at radius 3 is 2.94 bits per heavy atom. The van der Waals surface area contributed by atoms with Crippen LogP contribution in [0.15, 0.2) is 29.0 Å². The van der Waals surface area contributed by atoms with Crippen LogP contribution < -0.4 is 5.32 Å². The zero-order chi connectivity index (χ0) is 11.8. The molecule has 0 spiro atoms. The van der Waals surface area contributed by atoms with E-state index in [2.05, 4.69) is 10.3 Å². The number of carboxylic acid groups (broad SMARTS) is 1. The second-order valence-electron chi connectivity index (χ2n) is 4.05. The highest BCUT2D eigenvalue weighted by molar-refractivity contribution is 5.91. The van der Waals surface area contributed by atoms with Crippen molar-refractivity contribution in [2.75, 3.05) is 5.32 Å². The monoisotopic (exact) mass is 220 g/mol. The summed E-state index contributed by atoms with van der Waals surface area (Å²) < 4.78 is 5.13. The molecule has 0 bridgehead atoms. The normalized spacial score (nSPS) is 11.6. The number of hydrogen-bond donors (Lipinski definition) is 2. The van der Waals surface area contributed by atoms with Gasteiger partial charge in [0.15, 0.2) is 0 Å². The molecular weight excluding hydrogens is 208 g/mol. The third-order valence-corrected chi connectivity index (χ3v) is 2.35. The van der Waals surface area contributed by atoms with Crippen LogP contribution in [0.4, 0.5) is 5.69 Å². The van der Waals surface area contributed by atoms with Crippen molar-refractivity contribution in [1.82, 2.24) is 4.98 Å². The van der Waals surface area contributed by atoms with Gasteiger partial charge < -0.3 is 14.8 Å². The van der Waals surface area contributed by atoms with Gasteiger partial charge in [0, 0.05) is 11.9 Å². The third-order valence-electron chi connectivity index (χ3n) is 2.35. The van der Waals surface area contributed by atoms with E-state index in [0.29, 0.717) is 11.4 Å². The minimum absolute atomic E-state index is 0.492. The first-order valence-corrected chi connectivity index (χ1v) is 4.84. The number of hydrogen-bond acceptors (Lipinski definition) is 4. The Bertz CT molecular complexity index is 531. The van der Waals surface area contributed by atoms with Crippen LogP contribution in [0.2, 0.25) is 0 Å². The molecule has 0 amide bonds. The van der Waals surface area contributed by atoms with Gasteiger partial charge in [-0.1, -0.05) is 0 Å². The summed E-state index contributed by atoms with van der Waals surface area (Å²) in [6.07, 6.45) is 3.10. The van der Waals surface area contributed by atoms with Crippen LogP contribution in [-0.4, -0.2) is 21.6 Å². The molecule has 0 fully saturated rings. The molecule has 2 rings (SSSR count). The Labute approximate surface area is 92.1 Å². The SMILES string of the molecule is CC(C)(Nc1ccnc2occc12)C(=O)O. The topological polar surface area (TPSA) is 75.4 Å². The predicted molar refractivity (Wildman–Crippen MR) is 59.3 cm³/mol. The number of carboxylic acids is 1. The van der Waals surface area contributed by atoms with Gasteiger partial charge >= 0.3 is 5.97 Å². The lowest BCUT2D eigenvalue weighted by Crippen LogP contribution is -2.39. The summed E-state index contributed by atoms with van der Waals surface area (Å²) in [5.74, 6) is -0.916. The van der Waals surface area contributed by atoms with Gasteiger partial charge in [0.25, 0.3) is 0 Å². The number of nitrogens with zero attached hydrogens (tertiary/aromatic N) is 1. The lowest BCUT2D eigenvalue weighted by molar-refractivity contribution is -0.141. The van der Waals surface area contributed by atoms with Crippen molar-refractivity contribution >= 4 is 22.8 Å². The first-order valence-electron chi connectivity index (χ1n) is 4.84. The molecule has 5 nitrogen and oxygen atoms in total. The number of rotatable bonds is 3. The molecule has 2 aromatic rings. The Balaban J connectivity index is 2.41. The van der Waals surface area contributed by atoms with Crippen molar-refractivity contribution in [1.29, 1.82) is 0 Å². The maximum Gasteiger partial charge on any atom is 0.328 e. The van der Waals surface area contributed by atoms with Crippen LogP contribution in [-0.2, 0) is 4.79 Å². The number of furan rings is 1. The van der Waals surface area contributed by atoms with Gasteiger partial charge in [-0.25, -0.2) is 9.78 Å². The summed E-state index contributed by atoms with van der Waals surface area (Å²) in [4.78, 5) is 15.0. The average Bonchev–Trinajstić information content (AvgIpc) is 2.65. The van der Waals surface area contributed by atoms with E-state index in [0.717, 1.165) is 5.39 Å². The summed E-state index contributed by atoms with van der Waals surface area (Å²) in [7, 11) is 0. The number of aromatic nitrogens is 1. The number of carbonyl (C=O) groups is 1. The fourth-order valence-corrected chi connectivity index (χ4v) is 1.37. The number of aliphatic carboxylic acids is 1. The quantitative estimate of drug-likeness (QED) is 0.828. The van der Waals surface area contributed by atoms with Gasteiger partial charge in [0.05, 0.1) is 11.6 Å². The molecule has 0 saturated heterocycles. The molecule has 16 heavy (non-hydrogen) atoms. The number of fused-ring (bicyclic) bond motifs is 1. The first kappa shape index (κ1) is 10.5. The number of anilines is 1. The second-order valence-corrected chi connectivity index (χ2v) is 4.05. The van der Waals surface area contributed by atoms with Crippen molar-refractivity contribution in [2.24, 2.45) is 0 Å². The number of pyridine rings is 1. The highest BCUT2D eigenvalue weighted by Crippen LogP contribution is 2.25. The van der Waals surface area contributed by atoms with Crippen LogP contribution in [0.3, 0.4) is 0 Å². The molecule has 0 aliphatic rings. The minimum atomic E-state index is -1.04. The van der Waals surface area contributed by atoms with Gasteiger partial charge in [-0.2, -0.15) is 0 Å². The Kier molecular flexibility index (Phi) is 2.30. The van der Waals surface area contributed by atoms with E-state index in [4.69, 9.17) is 9.52 Å².